The highest BCUT2D eigenvalue weighted by atomic mass is 35.5. The number of alkyl halides is 3. The van der Waals surface area contributed by atoms with E-state index in [9.17, 15) is 22.8 Å². The van der Waals surface area contributed by atoms with Gasteiger partial charge in [-0.05, 0) is 12.3 Å². The van der Waals surface area contributed by atoms with Crippen LogP contribution in [0, 0.1) is 5.92 Å². The van der Waals surface area contributed by atoms with Crippen LogP contribution < -0.4 is 11.1 Å². The van der Waals surface area contributed by atoms with Gasteiger partial charge >= 0.3 is 6.18 Å². The predicted octanol–water partition coefficient (Wildman–Crippen LogP) is 1.45. The van der Waals surface area contributed by atoms with Crippen LogP contribution >= 0.6 is 12.4 Å². The van der Waals surface area contributed by atoms with E-state index in [2.05, 4.69) is 5.32 Å². The van der Waals surface area contributed by atoms with Crippen LogP contribution in [0.5, 0.6) is 0 Å². The molecule has 0 aliphatic carbocycles. The molecule has 1 heterocycles. The second kappa shape index (κ2) is 9.19. The molecular formula is C13H23ClF3N3O2. The van der Waals surface area contributed by atoms with Crippen LogP contribution in [0.1, 0.15) is 32.6 Å². The van der Waals surface area contributed by atoms with Gasteiger partial charge in [0, 0.05) is 25.6 Å². The van der Waals surface area contributed by atoms with Crippen molar-refractivity contribution in [1.82, 2.24) is 10.2 Å². The lowest BCUT2D eigenvalue weighted by Gasteiger charge is -2.19. The van der Waals surface area contributed by atoms with Crippen LogP contribution in [0.2, 0.25) is 0 Å². The van der Waals surface area contributed by atoms with Crippen molar-refractivity contribution in [3.8, 4) is 0 Å². The highest BCUT2D eigenvalue weighted by molar-refractivity contribution is 5.85. The lowest BCUT2D eigenvalue weighted by atomic mass is 9.98. The number of carbonyl (C=O) groups is 2. The van der Waals surface area contributed by atoms with Crippen molar-refractivity contribution in [3.63, 3.8) is 0 Å². The molecule has 1 aliphatic heterocycles. The third kappa shape index (κ3) is 7.84. The number of primary amides is 1. The largest absolute Gasteiger partial charge is 0.389 e. The zero-order valence-electron chi connectivity index (χ0n) is 12.5. The molecule has 5 nitrogen and oxygen atoms in total. The summed E-state index contributed by atoms with van der Waals surface area (Å²) >= 11 is 0. The zero-order valence-corrected chi connectivity index (χ0v) is 13.3. The molecule has 0 unspecified atom stereocenters. The monoisotopic (exact) mass is 345 g/mol. The Morgan fingerprint density at radius 3 is 2.45 bits per heavy atom. The second-order valence-corrected chi connectivity index (χ2v) is 5.50. The molecule has 2 amide bonds. The summed E-state index contributed by atoms with van der Waals surface area (Å²) in [7, 11) is 0. The van der Waals surface area contributed by atoms with Gasteiger partial charge in [0.15, 0.2) is 0 Å². The third-order valence-corrected chi connectivity index (χ3v) is 3.54. The Balaban J connectivity index is 0.00000441. The van der Waals surface area contributed by atoms with Gasteiger partial charge in [0.05, 0.1) is 13.0 Å². The van der Waals surface area contributed by atoms with E-state index in [0.717, 1.165) is 12.8 Å². The Bertz CT molecular complexity index is 380. The van der Waals surface area contributed by atoms with Gasteiger partial charge in [-0.3, -0.25) is 14.5 Å². The summed E-state index contributed by atoms with van der Waals surface area (Å²) < 4.78 is 36.3. The zero-order chi connectivity index (χ0) is 16.0. The van der Waals surface area contributed by atoms with Crippen LogP contribution in [0.15, 0.2) is 0 Å². The molecule has 0 bridgehead atoms. The van der Waals surface area contributed by atoms with Crippen LogP contribution in [-0.4, -0.2) is 48.6 Å². The summed E-state index contributed by atoms with van der Waals surface area (Å²) in [5.41, 5.74) is 5.14. The van der Waals surface area contributed by atoms with Crippen molar-refractivity contribution >= 4 is 24.2 Å². The van der Waals surface area contributed by atoms with Crippen molar-refractivity contribution in [3.05, 3.63) is 0 Å². The van der Waals surface area contributed by atoms with Gasteiger partial charge in [0.25, 0.3) is 0 Å². The number of halogens is 4. The van der Waals surface area contributed by atoms with Gasteiger partial charge in [0.2, 0.25) is 11.8 Å². The van der Waals surface area contributed by atoms with Crippen molar-refractivity contribution in [2.24, 2.45) is 11.7 Å². The molecule has 0 saturated carbocycles. The first-order valence-electron chi connectivity index (χ1n) is 7.08. The fraction of sp³-hybridized carbons (Fsp3) is 0.846. The SMILES string of the molecule is CCC[C@H]1CN(CC(N)=O)C[C@@H]1NC(=O)CCC(F)(F)F.Cl. The molecule has 2 atom stereocenters. The van der Waals surface area contributed by atoms with Gasteiger partial charge in [-0.15, -0.1) is 12.4 Å². The normalized spacial score (nSPS) is 22.2. The standard InChI is InChI=1S/C13H22F3N3O2.ClH/c1-2-3-9-6-19(8-11(17)20)7-10(9)18-12(21)4-5-13(14,15)16;/h9-10H,2-8H2,1H3,(H2,17,20)(H,18,21);1H/t9-,10-;/m0./s1. The van der Waals surface area contributed by atoms with E-state index < -0.39 is 30.8 Å². The van der Waals surface area contributed by atoms with E-state index in [1.165, 1.54) is 0 Å². The van der Waals surface area contributed by atoms with Crippen LogP contribution in [0.3, 0.4) is 0 Å². The second-order valence-electron chi connectivity index (χ2n) is 5.50. The van der Waals surface area contributed by atoms with Crippen LogP contribution in [0.25, 0.3) is 0 Å². The Kier molecular flexibility index (Phi) is 8.77. The Hall–Kier alpha value is -1.02. The molecule has 1 fully saturated rings. The van der Waals surface area contributed by atoms with Gasteiger partial charge in [-0.2, -0.15) is 13.2 Å². The van der Waals surface area contributed by atoms with E-state index in [4.69, 9.17) is 5.73 Å². The summed E-state index contributed by atoms with van der Waals surface area (Å²) in [6, 6.07) is -0.218. The minimum atomic E-state index is -4.33. The van der Waals surface area contributed by atoms with Crippen molar-refractivity contribution in [2.45, 2.75) is 44.8 Å². The fourth-order valence-electron chi connectivity index (χ4n) is 2.67. The Labute approximate surface area is 134 Å². The molecule has 130 valence electrons. The van der Waals surface area contributed by atoms with E-state index in [-0.39, 0.29) is 30.9 Å². The Morgan fingerprint density at radius 1 is 1.32 bits per heavy atom. The number of likely N-dealkylation sites (tertiary alicyclic amines) is 1. The van der Waals surface area contributed by atoms with Gasteiger partial charge in [-0.25, -0.2) is 0 Å². The summed E-state index contributed by atoms with van der Waals surface area (Å²) in [5.74, 6) is -0.905. The molecule has 1 rings (SSSR count). The first-order chi connectivity index (χ1) is 9.71. The average Bonchev–Trinajstić information content (AvgIpc) is 2.67. The summed E-state index contributed by atoms with van der Waals surface area (Å²) in [4.78, 5) is 24.4. The molecule has 0 aromatic heterocycles. The predicted molar refractivity (Wildman–Crippen MR) is 78.5 cm³/mol. The number of nitrogens with two attached hydrogens (primary N) is 1. The van der Waals surface area contributed by atoms with E-state index in [1.54, 1.807) is 0 Å². The number of rotatable bonds is 7. The molecule has 1 saturated heterocycles. The topological polar surface area (TPSA) is 75.4 Å². The van der Waals surface area contributed by atoms with Crippen LogP contribution in [0.4, 0.5) is 13.2 Å². The molecule has 0 spiro atoms. The molecule has 0 aromatic carbocycles. The summed E-state index contributed by atoms with van der Waals surface area (Å²) in [6.07, 6.45) is -4.25. The first-order valence-corrected chi connectivity index (χ1v) is 7.08. The number of hydrogen-bond donors (Lipinski definition) is 2. The minimum Gasteiger partial charge on any atom is -0.369 e. The molecule has 3 N–H and O–H groups in total. The van der Waals surface area contributed by atoms with Gasteiger partial charge in [0.1, 0.15) is 0 Å². The third-order valence-electron chi connectivity index (χ3n) is 3.54. The first kappa shape index (κ1) is 21.0. The van der Waals surface area contributed by atoms with Gasteiger partial charge in [-0.1, -0.05) is 13.3 Å². The molecule has 22 heavy (non-hydrogen) atoms. The Morgan fingerprint density at radius 2 is 1.95 bits per heavy atom. The highest BCUT2D eigenvalue weighted by Gasteiger charge is 2.34. The van der Waals surface area contributed by atoms with Gasteiger partial charge < -0.3 is 11.1 Å². The maximum absolute atomic E-state index is 12.1. The average molecular weight is 346 g/mol. The maximum Gasteiger partial charge on any atom is 0.389 e. The number of carbonyl (C=O) groups excluding carboxylic acids is 2. The smallest absolute Gasteiger partial charge is 0.369 e. The van der Waals surface area contributed by atoms with E-state index >= 15 is 0 Å². The molecular weight excluding hydrogens is 323 g/mol. The summed E-state index contributed by atoms with van der Waals surface area (Å²) in [6.45, 7) is 3.18. The quantitative estimate of drug-likeness (QED) is 0.733. The number of hydrogen-bond acceptors (Lipinski definition) is 3. The minimum absolute atomic E-state index is 0. The van der Waals surface area contributed by atoms with Crippen molar-refractivity contribution < 1.29 is 22.8 Å². The number of nitrogens with zero attached hydrogens (tertiary/aromatic N) is 1. The number of nitrogens with one attached hydrogen (secondary N) is 1. The molecule has 0 radical (unpaired) electrons. The van der Waals surface area contributed by atoms with E-state index in [1.807, 2.05) is 11.8 Å². The lowest BCUT2D eigenvalue weighted by Crippen LogP contribution is -2.41. The fourth-order valence-corrected chi connectivity index (χ4v) is 2.67. The molecule has 1 aliphatic rings. The number of amides is 2. The molecule has 0 aromatic rings. The summed E-state index contributed by atoms with van der Waals surface area (Å²) in [5, 5.41) is 2.66. The lowest BCUT2D eigenvalue weighted by molar-refractivity contribution is -0.144. The van der Waals surface area contributed by atoms with Crippen LogP contribution in [-0.2, 0) is 9.59 Å². The van der Waals surface area contributed by atoms with E-state index in [0.29, 0.717) is 13.1 Å². The maximum atomic E-state index is 12.1. The van der Waals surface area contributed by atoms with Crippen molar-refractivity contribution in [2.75, 3.05) is 19.6 Å². The van der Waals surface area contributed by atoms with Crippen molar-refractivity contribution in [1.29, 1.82) is 0 Å². The highest BCUT2D eigenvalue weighted by Crippen LogP contribution is 2.23. The molecule has 9 heteroatoms.